The van der Waals surface area contributed by atoms with Crippen molar-refractivity contribution in [1.82, 2.24) is 0 Å². The Morgan fingerprint density at radius 2 is 1.70 bits per heavy atom. The van der Waals surface area contributed by atoms with Gasteiger partial charge in [0.2, 0.25) is 0 Å². The molecule has 2 unspecified atom stereocenters. The summed E-state index contributed by atoms with van der Waals surface area (Å²) >= 11 is 0. The lowest BCUT2D eigenvalue weighted by atomic mass is 9.43. The van der Waals surface area contributed by atoms with Crippen LogP contribution in [0.4, 0.5) is 0 Å². The van der Waals surface area contributed by atoms with Crippen LogP contribution >= 0.6 is 0 Å². The number of ether oxygens (including phenoxy) is 1. The molecule has 0 aliphatic heterocycles. The smallest absolute Gasteiger partial charge is 0.334 e. The zero-order chi connectivity index (χ0) is 21.8. The van der Waals surface area contributed by atoms with Crippen molar-refractivity contribution in [3.8, 4) is 0 Å². The first-order valence-corrected chi connectivity index (χ1v) is 12.2. The van der Waals surface area contributed by atoms with Crippen molar-refractivity contribution < 1.29 is 24.9 Å². The van der Waals surface area contributed by atoms with E-state index in [-0.39, 0.29) is 29.0 Å². The van der Waals surface area contributed by atoms with E-state index in [1.165, 1.54) is 13.5 Å². The lowest BCUT2D eigenvalue weighted by Gasteiger charge is -2.62. The van der Waals surface area contributed by atoms with Crippen LogP contribution in [0.25, 0.3) is 0 Å². The van der Waals surface area contributed by atoms with Gasteiger partial charge >= 0.3 is 5.97 Å². The predicted octanol–water partition coefficient (Wildman–Crippen LogP) is 3.54. The van der Waals surface area contributed by atoms with Crippen molar-refractivity contribution in [2.24, 2.45) is 46.3 Å². The molecule has 0 heterocycles. The lowest BCUT2D eigenvalue weighted by molar-refractivity contribution is -0.174. The van der Waals surface area contributed by atoms with Gasteiger partial charge in [-0.2, -0.15) is 0 Å². The summed E-state index contributed by atoms with van der Waals surface area (Å²) in [5.74, 6) is 2.03. The average molecular weight is 423 g/mol. The highest BCUT2D eigenvalue weighted by molar-refractivity contribution is 5.74. The van der Waals surface area contributed by atoms with Crippen LogP contribution in [0.2, 0.25) is 0 Å². The molecular formula is C25H42O5. The van der Waals surface area contributed by atoms with E-state index in [2.05, 4.69) is 20.8 Å². The van der Waals surface area contributed by atoms with Crippen LogP contribution in [0.1, 0.15) is 78.6 Å². The van der Waals surface area contributed by atoms with E-state index in [0.717, 1.165) is 44.9 Å². The molecule has 30 heavy (non-hydrogen) atoms. The molecule has 3 N–H and O–H groups in total. The molecule has 5 nitrogen and oxygen atoms in total. The molecule has 0 radical (unpaired) electrons. The highest BCUT2D eigenvalue weighted by Crippen LogP contribution is 2.68. The third-order valence-electron chi connectivity index (χ3n) is 10.5. The topological polar surface area (TPSA) is 87.0 Å². The fourth-order valence-corrected chi connectivity index (χ4v) is 8.92. The van der Waals surface area contributed by atoms with Gasteiger partial charge < -0.3 is 20.1 Å². The second kappa shape index (κ2) is 8.04. The number of aliphatic hydroxyl groups is 3. The molecule has 0 aromatic heterocycles. The van der Waals surface area contributed by atoms with Crippen LogP contribution in [0, 0.1) is 46.3 Å². The molecule has 0 spiro atoms. The molecule has 0 amide bonds. The number of esters is 1. The Morgan fingerprint density at radius 1 is 1.03 bits per heavy atom. The average Bonchev–Trinajstić information content (AvgIpc) is 3.05. The predicted molar refractivity (Wildman–Crippen MR) is 114 cm³/mol. The number of hydrogen-bond acceptors (Lipinski definition) is 5. The normalized spacial score (nSPS) is 50.0. The monoisotopic (exact) mass is 422 g/mol. The Kier molecular flexibility index (Phi) is 6.04. The second-order valence-electron chi connectivity index (χ2n) is 11.7. The maximum atomic E-state index is 11.7. The fraction of sp³-hybridized carbons (Fsp3) is 0.960. The van der Waals surface area contributed by atoms with Gasteiger partial charge in [-0.3, -0.25) is 0 Å². The Bertz CT molecular complexity index is 651. The van der Waals surface area contributed by atoms with Gasteiger partial charge in [-0.05, 0) is 104 Å². The van der Waals surface area contributed by atoms with Gasteiger partial charge in [0, 0.05) is 0 Å². The molecule has 0 aromatic carbocycles. The molecule has 172 valence electrons. The Hall–Kier alpha value is -0.650. The maximum Gasteiger partial charge on any atom is 0.334 e. The van der Waals surface area contributed by atoms with Crippen molar-refractivity contribution in [2.45, 2.75) is 96.9 Å². The van der Waals surface area contributed by atoms with Crippen molar-refractivity contribution in [2.75, 3.05) is 7.11 Å². The van der Waals surface area contributed by atoms with Crippen molar-refractivity contribution in [3.05, 3.63) is 0 Å². The molecule has 4 rings (SSSR count). The zero-order valence-corrected chi connectivity index (χ0v) is 19.2. The quantitative estimate of drug-likeness (QED) is 0.603. The summed E-state index contributed by atoms with van der Waals surface area (Å²) in [5, 5.41) is 31.7. The van der Waals surface area contributed by atoms with E-state index >= 15 is 0 Å². The summed E-state index contributed by atoms with van der Waals surface area (Å²) < 4.78 is 4.72. The Balaban J connectivity index is 1.53. The summed E-state index contributed by atoms with van der Waals surface area (Å²) in [6, 6.07) is 0. The van der Waals surface area contributed by atoms with E-state index in [9.17, 15) is 20.1 Å². The first kappa shape index (κ1) is 22.5. The fourth-order valence-electron chi connectivity index (χ4n) is 8.92. The zero-order valence-electron chi connectivity index (χ0n) is 19.2. The second-order valence-corrected chi connectivity index (χ2v) is 11.7. The molecule has 4 fully saturated rings. The van der Waals surface area contributed by atoms with Gasteiger partial charge in [-0.1, -0.05) is 20.8 Å². The van der Waals surface area contributed by atoms with Crippen molar-refractivity contribution in [1.29, 1.82) is 0 Å². The number of aliphatic hydroxyl groups excluding tert-OH is 3. The van der Waals surface area contributed by atoms with E-state index in [4.69, 9.17) is 4.74 Å². The summed E-state index contributed by atoms with van der Waals surface area (Å²) in [4.78, 5) is 11.7. The van der Waals surface area contributed by atoms with Gasteiger partial charge in [0.15, 0.2) is 6.10 Å². The Morgan fingerprint density at radius 3 is 2.40 bits per heavy atom. The van der Waals surface area contributed by atoms with Crippen LogP contribution in [-0.2, 0) is 9.53 Å². The van der Waals surface area contributed by atoms with E-state index in [0.29, 0.717) is 36.0 Å². The maximum absolute atomic E-state index is 11.7. The SMILES string of the molecule is COC(=O)C(O)C[C@@H](C)[C@H]1CC[C@H]2[C@@H]3[C@H](O)CC4C[C@H](O)CC[C@]4(C)[C@H]3CC[C@]12C. The molecular weight excluding hydrogens is 380 g/mol. The summed E-state index contributed by atoms with van der Waals surface area (Å²) in [7, 11) is 1.33. The molecule has 0 aromatic rings. The van der Waals surface area contributed by atoms with Gasteiger partial charge in [-0.25, -0.2) is 4.79 Å². The minimum Gasteiger partial charge on any atom is -0.467 e. The Labute approximate surface area is 181 Å². The molecule has 4 saturated carbocycles. The van der Waals surface area contributed by atoms with Crippen molar-refractivity contribution >= 4 is 5.97 Å². The van der Waals surface area contributed by atoms with E-state index in [1.807, 2.05) is 0 Å². The van der Waals surface area contributed by atoms with Gasteiger partial charge in [-0.15, -0.1) is 0 Å². The van der Waals surface area contributed by atoms with Crippen molar-refractivity contribution in [3.63, 3.8) is 0 Å². The third-order valence-corrected chi connectivity index (χ3v) is 10.5. The number of hydrogen-bond donors (Lipinski definition) is 3. The number of carbonyl (C=O) groups excluding carboxylic acids is 1. The third kappa shape index (κ3) is 3.44. The van der Waals surface area contributed by atoms with E-state index in [1.54, 1.807) is 0 Å². The van der Waals surface area contributed by atoms with Gasteiger partial charge in [0.05, 0.1) is 19.3 Å². The minimum atomic E-state index is -1.04. The van der Waals surface area contributed by atoms with Crippen LogP contribution in [0.5, 0.6) is 0 Å². The van der Waals surface area contributed by atoms with Crippen LogP contribution < -0.4 is 0 Å². The standard InChI is InChI=1S/C25H42O5/c1-14(11-21(28)23(29)30-4)17-5-6-18-22-19(8-10-25(17,18)3)24(2)9-7-16(26)12-15(24)13-20(22)27/h14-22,26-28H,5-13H2,1-4H3/t14-,15?,16-,17-,18+,19+,20-,21?,22+,24+,25-/m1/s1. The largest absolute Gasteiger partial charge is 0.467 e. The molecule has 5 heteroatoms. The molecule has 4 aliphatic rings. The van der Waals surface area contributed by atoms with Crippen LogP contribution in [0.15, 0.2) is 0 Å². The molecule has 0 saturated heterocycles. The summed E-state index contributed by atoms with van der Waals surface area (Å²) in [6.07, 6.45) is 7.20. The summed E-state index contributed by atoms with van der Waals surface area (Å²) in [5.41, 5.74) is 0.407. The van der Waals surface area contributed by atoms with Gasteiger partial charge in [0.25, 0.3) is 0 Å². The number of methoxy groups -OCH3 is 1. The first-order valence-electron chi connectivity index (χ1n) is 12.2. The highest BCUT2D eigenvalue weighted by Gasteiger charge is 2.62. The number of rotatable bonds is 4. The van der Waals surface area contributed by atoms with Crippen LogP contribution in [-0.4, -0.2) is 46.7 Å². The summed E-state index contributed by atoms with van der Waals surface area (Å²) in [6.45, 7) is 7.03. The number of carbonyl (C=O) groups is 1. The van der Waals surface area contributed by atoms with Crippen LogP contribution in [0.3, 0.4) is 0 Å². The minimum absolute atomic E-state index is 0.161. The number of fused-ring (bicyclic) bond motifs is 5. The lowest BCUT2D eigenvalue weighted by Crippen LogP contribution is -2.58. The molecule has 11 atom stereocenters. The highest BCUT2D eigenvalue weighted by atomic mass is 16.5. The first-order chi connectivity index (χ1) is 14.1. The molecule has 4 aliphatic carbocycles. The van der Waals surface area contributed by atoms with Gasteiger partial charge in [0.1, 0.15) is 0 Å². The molecule has 0 bridgehead atoms. The van der Waals surface area contributed by atoms with E-state index < -0.39 is 12.1 Å².